The third kappa shape index (κ3) is 3.80. The molecule has 102 valence electrons. The van der Waals surface area contributed by atoms with Crippen molar-refractivity contribution in [3.63, 3.8) is 0 Å². The van der Waals surface area contributed by atoms with Crippen molar-refractivity contribution in [1.82, 2.24) is 0 Å². The summed E-state index contributed by atoms with van der Waals surface area (Å²) in [6.45, 7) is 0.0346. The van der Waals surface area contributed by atoms with Gasteiger partial charge in [0, 0.05) is 17.3 Å². The van der Waals surface area contributed by atoms with Crippen LogP contribution < -0.4 is 10.1 Å². The van der Waals surface area contributed by atoms with Crippen LogP contribution in [-0.4, -0.2) is 23.6 Å². The molecular formula is C14H16BrNO3. The Morgan fingerprint density at radius 3 is 2.95 bits per heavy atom. The monoisotopic (exact) mass is 325 g/mol. The molecule has 1 aliphatic heterocycles. The Morgan fingerprint density at radius 1 is 1.32 bits per heavy atom. The fourth-order valence-electron chi connectivity index (χ4n) is 1.96. The quantitative estimate of drug-likeness (QED) is 0.496. The lowest BCUT2D eigenvalue weighted by Crippen LogP contribution is -2.25. The molecule has 0 unspecified atom stereocenters. The highest BCUT2D eigenvalue weighted by molar-refractivity contribution is 9.09. The number of carbonyl (C=O) groups is 2. The molecule has 4 nitrogen and oxygen atoms in total. The largest absolute Gasteiger partial charge is 0.482 e. The van der Waals surface area contributed by atoms with Gasteiger partial charge >= 0.3 is 0 Å². The molecule has 0 atom stereocenters. The number of amides is 1. The maximum Gasteiger partial charge on any atom is 0.262 e. The van der Waals surface area contributed by atoms with E-state index in [1.54, 1.807) is 18.2 Å². The molecule has 0 fully saturated rings. The van der Waals surface area contributed by atoms with Crippen LogP contribution in [0.15, 0.2) is 18.2 Å². The smallest absolute Gasteiger partial charge is 0.262 e. The summed E-state index contributed by atoms with van der Waals surface area (Å²) in [7, 11) is 0. The van der Waals surface area contributed by atoms with E-state index in [0.29, 0.717) is 23.4 Å². The van der Waals surface area contributed by atoms with Crippen LogP contribution in [-0.2, 0) is 4.79 Å². The number of ether oxygens (including phenoxy) is 1. The number of benzene rings is 1. The van der Waals surface area contributed by atoms with Crippen molar-refractivity contribution in [2.45, 2.75) is 25.7 Å². The van der Waals surface area contributed by atoms with Crippen molar-refractivity contribution in [2.24, 2.45) is 0 Å². The first-order valence-corrected chi connectivity index (χ1v) is 7.48. The number of Topliss-reactive ketones (excluding diaryl/α,β-unsaturated/α-hetero) is 1. The Labute approximate surface area is 120 Å². The van der Waals surface area contributed by atoms with E-state index in [1.807, 2.05) is 0 Å². The van der Waals surface area contributed by atoms with Crippen LogP contribution in [0.25, 0.3) is 0 Å². The number of alkyl halides is 1. The number of rotatable bonds is 6. The summed E-state index contributed by atoms with van der Waals surface area (Å²) in [6.07, 6.45) is 3.56. The summed E-state index contributed by atoms with van der Waals surface area (Å²) >= 11 is 3.37. The lowest BCUT2D eigenvalue weighted by molar-refractivity contribution is -0.118. The molecule has 1 aromatic rings. The molecule has 1 N–H and O–H groups in total. The molecule has 0 aliphatic carbocycles. The molecule has 0 radical (unpaired) electrons. The second kappa shape index (κ2) is 6.70. The van der Waals surface area contributed by atoms with Gasteiger partial charge in [-0.15, -0.1) is 0 Å². The first-order chi connectivity index (χ1) is 9.20. The minimum atomic E-state index is -0.186. The third-order valence-corrected chi connectivity index (χ3v) is 3.53. The summed E-state index contributed by atoms with van der Waals surface area (Å²) in [5, 5.41) is 3.68. The summed E-state index contributed by atoms with van der Waals surface area (Å²) < 4.78 is 5.25. The highest BCUT2D eigenvalue weighted by atomic mass is 79.9. The third-order valence-electron chi connectivity index (χ3n) is 2.97. The molecule has 5 heteroatoms. The molecule has 19 heavy (non-hydrogen) atoms. The number of hydrogen-bond acceptors (Lipinski definition) is 3. The van der Waals surface area contributed by atoms with Crippen molar-refractivity contribution < 1.29 is 14.3 Å². The van der Waals surface area contributed by atoms with Crippen LogP contribution in [0.3, 0.4) is 0 Å². The van der Waals surface area contributed by atoms with E-state index in [-0.39, 0.29) is 18.3 Å². The maximum atomic E-state index is 12.0. The van der Waals surface area contributed by atoms with Gasteiger partial charge in [-0.1, -0.05) is 22.4 Å². The maximum absolute atomic E-state index is 12.0. The zero-order valence-corrected chi connectivity index (χ0v) is 12.2. The molecule has 0 saturated carbocycles. The lowest BCUT2D eigenvalue weighted by Gasteiger charge is -2.18. The first-order valence-electron chi connectivity index (χ1n) is 6.36. The number of carbonyl (C=O) groups excluding carboxylic acids is 2. The minimum Gasteiger partial charge on any atom is -0.482 e. The second-order valence-corrected chi connectivity index (χ2v) is 5.26. The van der Waals surface area contributed by atoms with Gasteiger partial charge in [-0.05, 0) is 31.0 Å². The van der Waals surface area contributed by atoms with Gasteiger partial charge < -0.3 is 10.1 Å². The van der Waals surface area contributed by atoms with Crippen LogP contribution >= 0.6 is 15.9 Å². The van der Waals surface area contributed by atoms with Gasteiger partial charge in [0.25, 0.3) is 5.91 Å². The van der Waals surface area contributed by atoms with Crippen LogP contribution in [0.5, 0.6) is 5.75 Å². The van der Waals surface area contributed by atoms with Gasteiger partial charge in [0.15, 0.2) is 12.4 Å². The zero-order valence-electron chi connectivity index (χ0n) is 10.6. The van der Waals surface area contributed by atoms with E-state index < -0.39 is 0 Å². The van der Waals surface area contributed by atoms with Crippen molar-refractivity contribution in [2.75, 3.05) is 17.3 Å². The summed E-state index contributed by atoms with van der Waals surface area (Å²) in [5.41, 5.74) is 1.21. The van der Waals surface area contributed by atoms with E-state index in [0.717, 1.165) is 24.6 Å². The van der Waals surface area contributed by atoms with Gasteiger partial charge in [0.1, 0.15) is 5.75 Å². The molecule has 1 aromatic carbocycles. The number of nitrogens with one attached hydrogen (secondary N) is 1. The zero-order chi connectivity index (χ0) is 13.7. The van der Waals surface area contributed by atoms with Gasteiger partial charge in [-0.25, -0.2) is 0 Å². The summed E-state index contributed by atoms with van der Waals surface area (Å²) in [5.74, 6) is 0.544. The summed E-state index contributed by atoms with van der Waals surface area (Å²) in [6, 6.07) is 5.18. The Hall–Kier alpha value is -1.36. The molecule has 0 saturated heterocycles. The predicted octanol–water partition coefficient (Wildman–Crippen LogP) is 3.16. The highest BCUT2D eigenvalue weighted by Crippen LogP contribution is 2.29. The van der Waals surface area contributed by atoms with Crippen molar-refractivity contribution in [3.8, 4) is 5.75 Å². The molecule has 1 aliphatic rings. The highest BCUT2D eigenvalue weighted by Gasteiger charge is 2.17. The van der Waals surface area contributed by atoms with Crippen molar-refractivity contribution in [1.29, 1.82) is 0 Å². The second-order valence-electron chi connectivity index (χ2n) is 4.47. The molecule has 0 spiro atoms. The molecule has 1 amide bonds. The number of unbranched alkanes of at least 4 members (excludes halogenated alkanes) is 2. The van der Waals surface area contributed by atoms with Crippen molar-refractivity contribution >= 4 is 33.3 Å². The Kier molecular flexibility index (Phi) is 4.96. The van der Waals surface area contributed by atoms with Crippen LogP contribution in [0, 0.1) is 0 Å². The van der Waals surface area contributed by atoms with Crippen LogP contribution in [0.2, 0.25) is 0 Å². The molecule has 1 heterocycles. The Balaban J connectivity index is 1.99. The normalized spacial score (nSPS) is 13.4. The first kappa shape index (κ1) is 14.1. The number of hydrogen-bond donors (Lipinski definition) is 1. The van der Waals surface area contributed by atoms with Crippen LogP contribution in [0.4, 0.5) is 5.69 Å². The van der Waals surface area contributed by atoms with Gasteiger partial charge in [-0.3, -0.25) is 9.59 Å². The fraction of sp³-hybridized carbons (Fsp3) is 0.429. The fourth-order valence-corrected chi connectivity index (χ4v) is 2.35. The molecule has 0 aromatic heterocycles. The Bertz CT molecular complexity index is 488. The standard InChI is InChI=1S/C14H16BrNO3/c15-7-3-1-2-4-12(17)10-5-6-13-11(8-10)16-14(18)9-19-13/h5-6,8H,1-4,7,9H2,(H,16,18). The topological polar surface area (TPSA) is 55.4 Å². The predicted molar refractivity (Wildman–Crippen MR) is 77.2 cm³/mol. The minimum absolute atomic E-state index is 0.0346. The molecule has 2 rings (SSSR count). The summed E-state index contributed by atoms with van der Waals surface area (Å²) in [4.78, 5) is 23.2. The number of anilines is 1. The average Bonchev–Trinajstić information content (AvgIpc) is 2.42. The average molecular weight is 326 g/mol. The number of ketones is 1. The molecular weight excluding hydrogens is 310 g/mol. The van der Waals surface area contributed by atoms with Gasteiger partial charge in [-0.2, -0.15) is 0 Å². The SMILES string of the molecule is O=C1COc2ccc(C(=O)CCCCCBr)cc2N1. The molecule has 0 bridgehead atoms. The van der Waals surface area contributed by atoms with Gasteiger partial charge in [0.05, 0.1) is 5.69 Å². The van der Waals surface area contributed by atoms with E-state index in [2.05, 4.69) is 21.2 Å². The van der Waals surface area contributed by atoms with Crippen LogP contribution in [0.1, 0.15) is 36.0 Å². The van der Waals surface area contributed by atoms with E-state index in [4.69, 9.17) is 4.74 Å². The Morgan fingerprint density at radius 2 is 2.16 bits per heavy atom. The number of fused-ring (bicyclic) bond motifs is 1. The lowest BCUT2D eigenvalue weighted by atomic mass is 10.0. The van der Waals surface area contributed by atoms with Gasteiger partial charge in [0.2, 0.25) is 0 Å². The van der Waals surface area contributed by atoms with E-state index in [1.165, 1.54) is 0 Å². The van der Waals surface area contributed by atoms with E-state index in [9.17, 15) is 9.59 Å². The number of halogens is 1. The van der Waals surface area contributed by atoms with E-state index >= 15 is 0 Å². The van der Waals surface area contributed by atoms with Crippen molar-refractivity contribution in [3.05, 3.63) is 23.8 Å².